The van der Waals surface area contributed by atoms with E-state index >= 15 is 0 Å². The molecule has 1 fully saturated rings. The summed E-state index contributed by atoms with van der Waals surface area (Å²) in [5, 5.41) is 11.5. The van der Waals surface area contributed by atoms with Gasteiger partial charge in [-0.3, -0.25) is 10.1 Å². The van der Waals surface area contributed by atoms with Gasteiger partial charge in [0.05, 0.1) is 0 Å². The number of halogens is 1. The molecule has 1 saturated heterocycles. The predicted octanol–water partition coefficient (Wildman–Crippen LogP) is 2.40. The van der Waals surface area contributed by atoms with Crippen LogP contribution in [0.1, 0.15) is 48.0 Å². The van der Waals surface area contributed by atoms with Crippen LogP contribution in [-0.4, -0.2) is 50.0 Å². The zero-order valence-electron chi connectivity index (χ0n) is 16.8. The van der Waals surface area contributed by atoms with E-state index in [0.717, 1.165) is 53.9 Å². The molecule has 3 rings (SSSR count). The van der Waals surface area contributed by atoms with Crippen molar-refractivity contribution in [2.75, 3.05) is 24.7 Å². The van der Waals surface area contributed by atoms with Gasteiger partial charge in [0.15, 0.2) is 11.0 Å². The first-order chi connectivity index (χ1) is 13.0. The molecule has 154 valence electrons. The average Bonchev–Trinajstić information content (AvgIpc) is 3.02. The Bertz CT molecular complexity index is 797. The molecule has 0 aromatic carbocycles. The van der Waals surface area contributed by atoms with Crippen molar-refractivity contribution in [3.8, 4) is 0 Å². The number of hydrogen-bond donors (Lipinski definition) is 2. The lowest BCUT2D eigenvalue weighted by Gasteiger charge is -2.19. The van der Waals surface area contributed by atoms with Crippen LogP contribution in [0.3, 0.4) is 0 Å². The number of aryl methyl sites for hydroxylation is 3. The molecule has 1 aliphatic rings. The van der Waals surface area contributed by atoms with E-state index < -0.39 is 0 Å². The van der Waals surface area contributed by atoms with E-state index in [-0.39, 0.29) is 18.3 Å². The van der Waals surface area contributed by atoms with E-state index in [4.69, 9.17) is 0 Å². The van der Waals surface area contributed by atoms with Crippen molar-refractivity contribution in [1.29, 1.82) is 0 Å². The van der Waals surface area contributed by atoms with Gasteiger partial charge in [-0.2, -0.15) is 10.1 Å². The Balaban J connectivity index is 0.00000280. The standard InChI is InChI=1S/C18H27N7OS.ClH/c1-11-14(12(2)21-18(20-11)27-4)5-6-15(26)22-17-23-16(24-25(17)3)13-7-9-19-10-8-13;/h13,19H,5-10H2,1-4H3,(H,22,23,24,26);1H. The quantitative estimate of drug-likeness (QED) is 0.541. The zero-order valence-corrected chi connectivity index (χ0v) is 18.4. The first-order valence-electron chi connectivity index (χ1n) is 9.27. The van der Waals surface area contributed by atoms with Crippen molar-refractivity contribution >= 4 is 36.0 Å². The molecule has 0 radical (unpaired) electrons. The molecular weight excluding hydrogens is 398 g/mol. The molecule has 0 spiro atoms. The zero-order chi connectivity index (χ0) is 19.4. The van der Waals surface area contributed by atoms with E-state index in [1.165, 1.54) is 11.8 Å². The first-order valence-corrected chi connectivity index (χ1v) is 10.5. The van der Waals surface area contributed by atoms with Gasteiger partial charge in [0.1, 0.15) is 0 Å². The van der Waals surface area contributed by atoms with E-state index in [9.17, 15) is 4.79 Å². The maximum absolute atomic E-state index is 12.4. The third-order valence-corrected chi connectivity index (χ3v) is 5.47. The van der Waals surface area contributed by atoms with E-state index in [1.54, 1.807) is 4.68 Å². The number of amides is 1. The van der Waals surface area contributed by atoms with Crippen molar-refractivity contribution in [2.45, 2.75) is 50.6 Å². The normalized spacial score (nSPS) is 14.6. The molecule has 2 aromatic rings. The smallest absolute Gasteiger partial charge is 0.227 e. The summed E-state index contributed by atoms with van der Waals surface area (Å²) < 4.78 is 1.65. The Hall–Kier alpha value is -1.71. The van der Waals surface area contributed by atoms with Crippen LogP contribution in [0.5, 0.6) is 0 Å². The number of piperidine rings is 1. The topological polar surface area (TPSA) is 97.6 Å². The minimum atomic E-state index is -0.0740. The van der Waals surface area contributed by atoms with Gasteiger partial charge < -0.3 is 5.32 Å². The van der Waals surface area contributed by atoms with Gasteiger partial charge in [0.25, 0.3) is 0 Å². The molecule has 1 amide bonds. The molecule has 2 aromatic heterocycles. The Labute approximate surface area is 176 Å². The highest BCUT2D eigenvalue weighted by atomic mass is 35.5. The molecule has 1 aliphatic heterocycles. The highest BCUT2D eigenvalue weighted by Gasteiger charge is 2.21. The summed E-state index contributed by atoms with van der Waals surface area (Å²) in [5.74, 6) is 1.62. The Morgan fingerprint density at radius 1 is 1.21 bits per heavy atom. The van der Waals surface area contributed by atoms with Crippen LogP contribution in [0, 0.1) is 13.8 Å². The lowest BCUT2D eigenvalue weighted by atomic mass is 9.98. The average molecular weight is 426 g/mol. The number of carbonyl (C=O) groups is 1. The van der Waals surface area contributed by atoms with Crippen LogP contribution >= 0.6 is 24.2 Å². The predicted molar refractivity (Wildman–Crippen MR) is 113 cm³/mol. The molecule has 8 nitrogen and oxygen atoms in total. The summed E-state index contributed by atoms with van der Waals surface area (Å²) in [7, 11) is 1.82. The number of carbonyl (C=O) groups excluding carboxylic acids is 1. The van der Waals surface area contributed by atoms with E-state index in [1.807, 2.05) is 27.2 Å². The molecule has 0 aliphatic carbocycles. The SMILES string of the molecule is CSc1nc(C)c(CCC(=O)Nc2nc(C3CCNCC3)nn2C)c(C)n1.Cl. The number of hydrogen-bond acceptors (Lipinski definition) is 7. The van der Waals surface area contributed by atoms with Gasteiger partial charge in [-0.05, 0) is 58.0 Å². The van der Waals surface area contributed by atoms with Crippen LogP contribution in [0.2, 0.25) is 0 Å². The number of rotatable bonds is 6. The maximum Gasteiger partial charge on any atom is 0.227 e. The van der Waals surface area contributed by atoms with Crippen LogP contribution in [0.25, 0.3) is 0 Å². The fourth-order valence-corrected chi connectivity index (χ4v) is 3.81. The number of nitrogens with one attached hydrogen (secondary N) is 2. The van der Waals surface area contributed by atoms with Crippen molar-refractivity contribution in [3.63, 3.8) is 0 Å². The third kappa shape index (κ3) is 5.42. The van der Waals surface area contributed by atoms with Crippen molar-refractivity contribution in [1.82, 2.24) is 30.0 Å². The summed E-state index contributed by atoms with van der Waals surface area (Å²) >= 11 is 1.52. The van der Waals surface area contributed by atoms with Crippen LogP contribution in [0.15, 0.2) is 5.16 Å². The molecule has 28 heavy (non-hydrogen) atoms. The number of aromatic nitrogens is 5. The van der Waals surface area contributed by atoms with Gasteiger partial charge in [0, 0.05) is 30.8 Å². The van der Waals surface area contributed by atoms with Crippen LogP contribution in [-0.2, 0) is 18.3 Å². The first kappa shape index (κ1) is 22.6. The summed E-state index contributed by atoms with van der Waals surface area (Å²) in [5.41, 5.74) is 2.91. The molecule has 0 atom stereocenters. The maximum atomic E-state index is 12.4. The number of anilines is 1. The van der Waals surface area contributed by atoms with Crippen molar-refractivity contribution in [2.24, 2.45) is 7.05 Å². The number of nitrogens with zero attached hydrogens (tertiary/aromatic N) is 5. The van der Waals surface area contributed by atoms with E-state index in [2.05, 4.69) is 30.7 Å². The van der Waals surface area contributed by atoms with Gasteiger partial charge in [0.2, 0.25) is 11.9 Å². The van der Waals surface area contributed by atoms with Gasteiger partial charge >= 0.3 is 0 Å². The second-order valence-electron chi connectivity index (χ2n) is 6.85. The van der Waals surface area contributed by atoms with Gasteiger partial charge in [-0.15, -0.1) is 12.4 Å². The fourth-order valence-electron chi connectivity index (χ4n) is 3.35. The summed E-state index contributed by atoms with van der Waals surface area (Å²) in [6, 6.07) is 0. The molecule has 10 heteroatoms. The molecule has 3 heterocycles. The Kier molecular flexibility index (Phi) is 8.21. The van der Waals surface area contributed by atoms with Crippen molar-refractivity contribution < 1.29 is 4.79 Å². The highest BCUT2D eigenvalue weighted by molar-refractivity contribution is 7.98. The van der Waals surface area contributed by atoms with Crippen molar-refractivity contribution in [3.05, 3.63) is 22.8 Å². The molecular formula is C18H28ClN7OS. The monoisotopic (exact) mass is 425 g/mol. The fraction of sp³-hybridized carbons (Fsp3) is 0.611. The summed E-state index contributed by atoms with van der Waals surface area (Å²) in [6.07, 6.45) is 4.99. The highest BCUT2D eigenvalue weighted by Crippen LogP contribution is 2.23. The Morgan fingerprint density at radius 3 is 2.46 bits per heavy atom. The lowest BCUT2D eigenvalue weighted by molar-refractivity contribution is -0.116. The minimum absolute atomic E-state index is 0. The van der Waals surface area contributed by atoms with E-state index in [0.29, 0.717) is 24.7 Å². The number of thioether (sulfide) groups is 1. The summed E-state index contributed by atoms with van der Waals surface area (Å²) in [4.78, 5) is 25.9. The molecule has 0 bridgehead atoms. The molecule has 0 unspecified atom stereocenters. The third-order valence-electron chi connectivity index (χ3n) is 4.92. The van der Waals surface area contributed by atoms with Gasteiger partial charge in [-0.25, -0.2) is 14.6 Å². The van der Waals surface area contributed by atoms with Gasteiger partial charge in [-0.1, -0.05) is 11.8 Å². The summed E-state index contributed by atoms with van der Waals surface area (Å²) in [6.45, 7) is 5.91. The molecule has 0 saturated carbocycles. The Morgan fingerprint density at radius 2 is 1.86 bits per heavy atom. The largest absolute Gasteiger partial charge is 0.317 e. The second-order valence-corrected chi connectivity index (χ2v) is 7.62. The second kappa shape index (κ2) is 10.2. The van der Waals surface area contributed by atoms with Crippen LogP contribution < -0.4 is 10.6 Å². The minimum Gasteiger partial charge on any atom is -0.317 e. The van der Waals surface area contributed by atoms with Crippen LogP contribution in [0.4, 0.5) is 5.95 Å². The lowest BCUT2D eigenvalue weighted by Crippen LogP contribution is -2.27. The molecule has 2 N–H and O–H groups in total.